The van der Waals surface area contributed by atoms with Crippen LogP contribution in [0, 0.1) is 12.8 Å². The second-order valence-corrected chi connectivity index (χ2v) is 5.48. The molecule has 1 rings (SSSR count). The summed E-state index contributed by atoms with van der Waals surface area (Å²) in [7, 11) is 0. The Balaban J connectivity index is 2.66. The zero-order valence-electron chi connectivity index (χ0n) is 11.0. The molecule has 0 amide bonds. The van der Waals surface area contributed by atoms with Crippen molar-refractivity contribution < 1.29 is 0 Å². The molecule has 0 saturated carbocycles. The first kappa shape index (κ1) is 14.5. The van der Waals surface area contributed by atoms with Crippen molar-refractivity contribution in [3.63, 3.8) is 0 Å². The summed E-state index contributed by atoms with van der Waals surface area (Å²) in [5.74, 6) is 6.36. The standard InChI is InChI=1S/C14H23ClN2/c1-10(2)5-4-6-14(17-16)12-8-7-11(3)9-13(12)15/h7-10,14,17H,4-6,16H2,1-3H3. The van der Waals surface area contributed by atoms with E-state index >= 15 is 0 Å². The molecule has 0 aliphatic heterocycles. The number of nitrogens with two attached hydrogens (primary N) is 1. The Morgan fingerprint density at radius 3 is 2.53 bits per heavy atom. The van der Waals surface area contributed by atoms with E-state index in [1.54, 1.807) is 0 Å². The van der Waals surface area contributed by atoms with Crippen LogP contribution in [0.2, 0.25) is 5.02 Å². The molecule has 0 saturated heterocycles. The second kappa shape index (κ2) is 7.00. The van der Waals surface area contributed by atoms with Crippen LogP contribution in [0.3, 0.4) is 0 Å². The lowest BCUT2D eigenvalue weighted by atomic mass is 9.98. The summed E-state index contributed by atoms with van der Waals surface area (Å²) in [5, 5.41) is 0.803. The molecule has 0 radical (unpaired) electrons. The Morgan fingerprint density at radius 1 is 1.29 bits per heavy atom. The lowest BCUT2D eigenvalue weighted by molar-refractivity contribution is 0.455. The Morgan fingerprint density at radius 2 is 2.00 bits per heavy atom. The first-order valence-electron chi connectivity index (χ1n) is 6.26. The van der Waals surface area contributed by atoms with E-state index in [9.17, 15) is 0 Å². The van der Waals surface area contributed by atoms with Gasteiger partial charge in [0, 0.05) is 11.1 Å². The van der Waals surface area contributed by atoms with Crippen molar-refractivity contribution in [2.45, 2.75) is 46.1 Å². The molecule has 96 valence electrons. The third kappa shape index (κ3) is 4.66. The first-order chi connectivity index (χ1) is 8.04. The Hall–Kier alpha value is -0.570. The van der Waals surface area contributed by atoms with E-state index in [4.69, 9.17) is 17.4 Å². The average Bonchev–Trinajstić information content (AvgIpc) is 2.25. The average molecular weight is 255 g/mol. The molecule has 0 aliphatic rings. The summed E-state index contributed by atoms with van der Waals surface area (Å²) in [5.41, 5.74) is 5.15. The van der Waals surface area contributed by atoms with Gasteiger partial charge in [0.25, 0.3) is 0 Å². The molecule has 1 atom stereocenters. The third-order valence-corrected chi connectivity index (χ3v) is 3.33. The second-order valence-electron chi connectivity index (χ2n) is 5.07. The topological polar surface area (TPSA) is 38.0 Å². The maximum absolute atomic E-state index is 6.25. The number of benzene rings is 1. The molecular formula is C14H23ClN2. The van der Waals surface area contributed by atoms with Crippen LogP contribution >= 0.6 is 11.6 Å². The molecule has 0 fully saturated rings. The smallest absolute Gasteiger partial charge is 0.0474 e. The van der Waals surface area contributed by atoms with Crippen molar-refractivity contribution in [3.8, 4) is 0 Å². The van der Waals surface area contributed by atoms with Gasteiger partial charge in [0.2, 0.25) is 0 Å². The minimum atomic E-state index is 0.154. The van der Waals surface area contributed by atoms with E-state index in [0.717, 1.165) is 29.3 Å². The van der Waals surface area contributed by atoms with Gasteiger partial charge < -0.3 is 0 Å². The molecule has 17 heavy (non-hydrogen) atoms. The van der Waals surface area contributed by atoms with Gasteiger partial charge in [0.1, 0.15) is 0 Å². The fourth-order valence-corrected chi connectivity index (χ4v) is 2.34. The SMILES string of the molecule is Cc1ccc(C(CCCC(C)C)NN)c(Cl)c1. The lowest BCUT2D eigenvalue weighted by Gasteiger charge is -2.18. The zero-order chi connectivity index (χ0) is 12.8. The van der Waals surface area contributed by atoms with Gasteiger partial charge in [-0.3, -0.25) is 11.3 Å². The highest BCUT2D eigenvalue weighted by Crippen LogP contribution is 2.27. The Labute approximate surface area is 110 Å². The van der Waals surface area contributed by atoms with E-state index in [1.165, 1.54) is 12.0 Å². The van der Waals surface area contributed by atoms with Crippen LogP contribution < -0.4 is 11.3 Å². The minimum absolute atomic E-state index is 0.154. The fourth-order valence-electron chi connectivity index (χ4n) is 1.97. The lowest BCUT2D eigenvalue weighted by Crippen LogP contribution is -2.28. The van der Waals surface area contributed by atoms with Crippen molar-refractivity contribution in [3.05, 3.63) is 34.3 Å². The molecule has 3 heteroatoms. The van der Waals surface area contributed by atoms with Crippen molar-refractivity contribution in [1.82, 2.24) is 5.43 Å². The summed E-state index contributed by atoms with van der Waals surface area (Å²) in [6.07, 6.45) is 3.41. The van der Waals surface area contributed by atoms with Gasteiger partial charge in [0.15, 0.2) is 0 Å². The van der Waals surface area contributed by atoms with Crippen LogP contribution in [0.25, 0.3) is 0 Å². The first-order valence-corrected chi connectivity index (χ1v) is 6.64. The van der Waals surface area contributed by atoms with Crippen LogP contribution in [0.5, 0.6) is 0 Å². The summed E-state index contributed by atoms with van der Waals surface area (Å²) in [6, 6.07) is 6.29. The summed E-state index contributed by atoms with van der Waals surface area (Å²) in [6.45, 7) is 6.52. The molecule has 0 heterocycles. The monoisotopic (exact) mass is 254 g/mol. The van der Waals surface area contributed by atoms with Gasteiger partial charge in [-0.2, -0.15) is 0 Å². The predicted molar refractivity (Wildman–Crippen MR) is 74.9 cm³/mol. The Kier molecular flexibility index (Phi) is 5.96. The van der Waals surface area contributed by atoms with Crippen molar-refractivity contribution >= 4 is 11.6 Å². The molecule has 0 aliphatic carbocycles. The minimum Gasteiger partial charge on any atom is -0.271 e. The van der Waals surface area contributed by atoms with E-state index in [1.807, 2.05) is 13.0 Å². The molecule has 1 unspecified atom stereocenters. The van der Waals surface area contributed by atoms with Crippen molar-refractivity contribution in [1.29, 1.82) is 0 Å². The number of halogens is 1. The highest BCUT2D eigenvalue weighted by atomic mass is 35.5. The highest BCUT2D eigenvalue weighted by Gasteiger charge is 2.13. The van der Waals surface area contributed by atoms with Gasteiger partial charge in [-0.05, 0) is 36.5 Å². The van der Waals surface area contributed by atoms with E-state index in [-0.39, 0.29) is 6.04 Å². The molecule has 2 nitrogen and oxygen atoms in total. The van der Waals surface area contributed by atoms with Crippen LogP contribution in [0.15, 0.2) is 18.2 Å². The van der Waals surface area contributed by atoms with E-state index in [0.29, 0.717) is 0 Å². The maximum Gasteiger partial charge on any atom is 0.0474 e. The molecule has 3 N–H and O–H groups in total. The zero-order valence-corrected chi connectivity index (χ0v) is 11.7. The van der Waals surface area contributed by atoms with Gasteiger partial charge in [-0.25, -0.2) is 0 Å². The quantitative estimate of drug-likeness (QED) is 0.595. The molecule has 0 aromatic heterocycles. The number of aryl methyl sites for hydroxylation is 1. The number of hydrogen-bond acceptors (Lipinski definition) is 2. The summed E-state index contributed by atoms with van der Waals surface area (Å²) >= 11 is 6.25. The molecule has 0 bridgehead atoms. The van der Waals surface area contributed by atoms with E-state index in [2.05, 4.69) is 31.4 Å². The predicted octanol–water partition coefficient (Wildman–Crippen LogP) is 3.98. The molecular weight excluding hydrogens is 232 g/mol. The largest absolute Gasteiger partial charge is 0.271 e. The van der Waals surface area contributed by atoms with Crippen molar-refractivity contribution in [2.24, 2.45) is 11.8 Å². The maximum atomic E-state index is 6.25. The molecule has 0 spiro atoms. The number of hydrazine groups is 1. The normalized spacial score (nSPS) is 13.1. The molecule has 1 aromatic carbocycles. The fraction of sp³-hybridized carbons (Fsp3) is 0.571. The van der Waals surface area contributed by atoms with E-state index < -0.39 is 0 Å². The van der Waals surface area contributed by atoms with Crippen LogP contribution in [-0.2, 0) is 0 Å². The van der Waals surface area contributed by atoms with Gasteiger partial charge in [-0.15, -0.1) is 0 Å². The summed E-state index contributed by atoms with van der Waals surface area (Å²) in [4.78, 5) is 0. The molecule has 1 aromatic rings. The highest BCUT2D eigenvalue weighted by molar-refractivity contribution is 6.31. The number of hydrogen-bond donors (Lipinski definition) is 2. The Bertz CT molecular complexity index is 350. The third-order valence-electron chi connectivity index (χ3n) is 3.01. The number of nitrogens with one attached hydrogen (secondary N) is 1. The van der Waals surface area contributed by atoms with Crippen molar-refractivity contribution in [2.75, 3.05) is 0 Å². The van der Waals surface area contributed by atoms with Crippen LogP contribution in [0.1, 0.15) is 50.3 Å². The van der Waals surface area contributed by atoms with Crippen LogP contribution in [0.4, 0.5) is 0 Å². The van der Waals surface area contributed by atoms with Gasteiger partial charge in [-0.1, -0.05) is 50.4 Å². The van der Waals surface area contributed by atoms with Gasteiger partial charge >= 0.3 is 0 Å². The van der Waals surface area contributed by atoms with Gasteiger partial charge in [0.05, 0.1) is 0 Å². The number of rotatable bonds is 6. The van der Waals surface area contributed by atoms with Crippen LogP contribution in [-0.4, -0.2) is 0 Å². The summed E-state index contributed by atoms with van der Waals surface area (Å²) < 4.78 is 0.